The van der Waals surface area contributed by atoms with E-state index in [9.17, 15) is 34.2 Å². The Bertz CT molecular complexity index is 1980. The topological polar surface area (TPSA) is 206 Å². The van der Waals surface area contributed by atoms with Crippen LogP contribution in [0.3, 0.4) is 0 Å². The van der Waals surface area contributed by atoms with Gasteiger partial charge in [-0.2, -0.15) is 0 Å². The van der Waals surface area contributed by atoms with E-state index in [0.29, 0.717) is 19.3 Å². The monoisotopic (exact) mass is 877 g/mol. The number of ether oxygens (including phenoxy) is 3. The number of hydrogen-bond acceptors (Lipinski definition) is 12. The van der Waals surface area contributed by atoms with Crippen LogP contribution in [-0.4, -0.2) is 113 Å². The van der Waals surface area contributed by atoms with E-state index in [1.165, 1.54) is 4.90 Å². The minimum absolute atomic E-state index is 0.00876. The number of aliphatic hydroxyl groups is 2. The van der Waals surface area contributed by atoms with Gasteiger partial charge in [0.1, 0.15) is 30.9 Å². The molecule has 2 fully saturated rings. The van der Waals surface area contributed by atoms with Crippen LogP contribution in [0.4, 0.5) is 4.79 Å². The zero-order valence-electron chi connectivity index (χ0n) is 36.6. The van der Waals surface area contributed by atoms with E-state index in [0.717, 1.165) is 33.7 Å². The van der Waals surface area contributed by atoms with E-state index >= 15 is 0 Å². The second-order valence-corrected chi connectivity index (χ2v) is 19.3. The molecule has 15 nitrogen and oxygen atoms in total. The molecule has 6 rings (SSSR count). The number of aromatic nitrogens is 1. The summed E-state index contributed by atoms with van der Waals surface area (Å²) in [6, 6.07) is 5.89. The summed E-state index contributed by atoms with van der Waals surface area (Å²) in [4.78, 5) is 72.4. The minimum Gasteiger partial charge on any atom is -0.462 e. The van der Waals surface area contributed by atoms with Gasteiger partial charge in [0.2, 0.25) is 17.7 Å². The lowest BCUT2D eigenvalue weighted by Crippen LogP contribution is -2.58. The van der Waals surface area contributed by atoms with Gasteiger partial charge < -0.3 is 45.3 Å². The molecule has 4 aliphatic rings. The number of aliphatic hydroxyl groups excluding tert-OH is 2. The predicted octanol–water partition coefficient (Wildman–Crippen LogP) is 4.59. The van der Waals surface area contributed by atoms with Crippen LogP contribution in [0.5, 0.6) is 0 Å². The maximum Gasteiger partial charge on any atom is 0.407 e. The molecular weight excluding hydrogens is 815 g/mol. The molecule has 0 saturated carbocycles. The minimum atomic E-state index is -1.02. The normalized spacial score (nSPS) is 27.7. The zero-order valence-corrected chi connectivity index (χ0v) is 37.5. The Morgan fingerprint density at radius 3 is 2.48 bits per heavy atom. The van der Waals surface area contributed by atoms with E-state index in [2.05, 4.69) is 53.0 Å². The standard InChI is InChI=1S/C46H63N5O10S/c1-26-17-31-10-7-27(2)35(14-13-34-19-32(52)21-39(55)60-34)40(31)37(18-26)61-45(58)47-15-16-59-24-38(54)50-42(46(4,5)6)44(57)51-23-33(53)20-36(51)43(56)48-22-29-8-11-30(12-9-29)41-28(3)49-25-62-41/h7-12,17,25-27,32-37,40,42,52-53H,13-16,18-24H2,1-6H3,(H,47,58)(H,48,56)(H,50,54)/t26-,27-,32+,33+,34+,35-,36-,37-,40-,42+/m0/s1. The maximum atomic E-state index is 14.0. The second kappa shape index (κ2) is 20.7. The largest absolute Gasteiger partial charge is 0.462 e. The first-order chi connectivity index (χ1) is 29.5. The lowest BCUT2D eigenvalue weighted by molar-refractivity contribution is -0.160. The highest BCUT2D eigenvalue weighted by molar-refractivity contribution is 7.13. The number of carbonyl (C=O) groups excluding carboxylic acids is 5. The fourth-order valence-electron chi connectivity index (χ4n) is 9.19. The molecule has 338 valence electrons. The molecule has 4 amide bonds. The summed E-state index contributed by atoms with van der Waals surface area (Å²) >= 11 is 1.56. The molecule has 2 aromatic rings. The highest BCUT2D eigenvalue weighted by atomic mass is 32.1. The van der Waals surface area contributed by atoms with Crippen LogP contribution in [0.25, 0.3) is 10.4 Å². The van der Waals surface area contributed by atoms with Gasteiger partial charge >= 0.3 is 12.1 Å². The van der Waals surface area contributed by atoms with Crippen LogP contribution < -0.4 is 16.0 Å². The van der Waals surface area contributed by atoms with Gasteiger partial charge in [0.05, 0.1) is 41.3 Å². The first kappa shape index (κ1) is 46.9. The van der Waals surface area contributed by atoms with Crippen molar-refractivity contribution in [3.8, 4) is 10.4 Å². The Morgan fingerprint density at radius 1 is 1.03 bits per heavy atom. The van der Waals surface area contributed by atoms with Crippen molar-refractivity contribution in [3.05, 3.63) is 64.8 Å². The number of carbonyl (C=O) groups is 5. The van der Waals surface area contributed by atoms with Gasteiger partial charge in [-0.25, -0.2) is 9.78 Å². The van der Waals surface area contributed by atoms with Crippen molar-refractivity contribution in [2.24, 2.45) is 29.1 Å². The van der Waals surface area contributed by atoms with Gasteiger partial charge in [-0.15, -0.1) is 11.3 Å². The molecule has 3 heterocycles. The number of nitrogens with zero attached hydrogens (tertiary/aromatic N) is 2. The number of aryl methyl sites for hydroxylation is 1. The number of esters is 1. The molecule has 0 unspecified atom stereocenters. The molecule has 10 atom stereocenters. The van der Waals surface area contributed by atoms with Crippen LogP contribution in [0.1, 0.15) is 84.4 Å². The molecule has 0 bridgehead atoms. The number of benzene rings is 1. The fraction of sp³-hybridized carbons (Fsp3) is 0.609. The van der Waals surface area contributed by atoms with Crippen molar-refractivity contribution < 1.29 is 48.4 Å². The highest BCUT2D eigenvalue weighted by Crippen LogP contribution is 2.45. The predicted molar refractivity (Wildman–Crippen MR) is 232 cm³/mol. The first-order valence-electron chi connectivity index (χ1n) is 21.8. The number of amides is 4. The lowest BCUT2D eigenvalue weighted by Gasteiger charge is -2.43. The number of fused-ring (bicyclic) bond motifs is 1. The third-order valence-corrected chi connectivity index (χ3v) is 13.3. The molecule has 62 heavy (non-hydrogen) atoms. The van der Waals surface area contributed by atoms with E-state index in [1.54, 1.807) is 16.8 Å². The summed E-state index contributed by atoms with van der Waals surface area (Å²) < 4.78 is 17.2. The SMILES string of the molecule is Cc1ncsc1-c1ccc(CNC(=O)[C@@H]2C[C@@H](O)CN2C(=O)[C@@H](NC(=O)COCCNC(=O)O[C@H]2C[C@@H](C)C=C3C=C[C@H](C)[C@H](CC[C@@H]4C[C@@H](O)CC(=O)O4)[C@H]32)C(C)(C)C)cc1. The number of likely N-dealkylation sites (tertiary alicyclic amines) is 1. The van der Waals surface area contributed by atoms with Crippen molar-refractivity contribution in [1.82, 2.24) is 25.8 Å². The van der Waals surface area contributed by atoms with Crippen molar-refractivity contribution in [2.45, 2.75) is 123 Å². The molecule has 2 saturated heterocycles. The number of nitrogens with one attached hydrogen (secondary N) is 3. The summed E-state index contributed by atoms with van der Waals surface area (Å²) in [6.45, 7) is 11.5. The van der Waals surface area contributed by atoms with E-state index in [4.69, 9.17) is 14.2 Å². The molecule has 0 spiro atoms. The first-order valence-corrected chi connectivity index (χ1v) is 22.7. The number of β-amino-alcohol motifs (C(OH)–C–C–N with tert-alkyl or cyclic N) is 1. The Morgan fingerprint density at radius 2 is 1.79 bits per heavy atom. The highest BCUT2D eigenvalue weighted by Gasteiger charge is 2.45. The van der Waals surface area contributed by atoms with E-state index in [1.807, 2.05) is 52.0 Å². The molecule has 2 aliphatic carbocycles. The van der Waals surface area contributed by atoms with E-state index in [-0.39, 0.29) is 87.5 Å². The number of alkyl carbamates (subject to hydrolysis) is 1. The third-order valence-electron chi connectivity index (χ3n) is 12.4. The van der Waals surface area contributed by atoms with Gasteiger partial charge in [0.15, 0.2) is 0 Å². The van der Waals surface area contributed by atoms with E-state index < -0.39 is 53.5 Å². The number of cyclic esters (lactones) is 1. The molecule has 2 aliphatic heterocycles. The number of thiazole rings is 1. The third kappa shape index (κ3) is 12.1. The number of allylic oxidation sites excluding steroid dienone is 3. The molecular formula is C46H63N5O10S. The van der Waals surface area contributed by atoms with Crippen LogP contribution in [-0.2, 0) is 39.9 Å². The smallest absolute Gasteiger partial charge is 0.407 e. The van der Waals surface area contributed by atoms with Crippen LogP contribution in [0, 0.1) is 36.0 Å². The van der Waals surface area contributed by atoms with Crippen LogP contribution in [0.2, 0.25) is 0 Å². The summed E-state index contributed by atoms with van der Waals surface area (Å²) in [6.07, 6.45) is 6.17. The molecule has 1 aromatic heterocycles. The van der Waals surface area contributed by atoms with Gasteiger partial charge in [-0.05, 0) is 66.1 Å². The molecule has 5 N–H and O–H groups in total. The van der Waals surface area contributed by atoms with Crippen molar-refractivity contribution in [1.29, 1.82) is 0 Å². The quantitative estimate of drug-likeness (QED) is 0.124. The lowest BCUT2D eigenvalue weighted by atomic mass is 9.65. The number of hydrogen-bond donors (Lipinski definition) is 5. The van der Waals surface area contributed by atoms with Crippen molar-refractivity contribution in [2.75, 3.05) is 26.3 Å². The van der Waals surface area contributed by atoms with Gasteiger partial charge in [-0.1, -0.05) is 77.1 Å². The maximum absolute atomic E-state index is 14.0. The van der Waals surface area contributed by atoms with Gasteiger partial charge in [0.25, 0.3) is 0 Å². The van der Waals surface area contributed by atoms with Crippen LogP contribution in [0.15, 0.2) is 53.6 Å². The van der Waals surface area contributed by atoms with Crippen molar-refractivity contribution >= 4 is 41.1 Å². The average Bonchev–Trinajstić information content (AvgIpc) is 3.82. The number of rotatable bonds is 15. The summed E-state index contributed by atoms with van der Waals surface area (Å²) in [5.74, 6) is -1.27. The fourth-order valence-corrected chi connectivity index (χ4v) is 10.0. The second-order valence-electron chi connectivity index (χ2n) is 18.4. The summed E-state index contributed by atoms with van der Waals surface area (Å²) in [5, 5.41) is 29.1. The van der Waals surface area contributed by atoms with Gasteiger partial charge in [0, 0.05) is 38.4 Å². The average molecular weight is 878 g/mol. The van der Waals surface area contributed by atoms with Crippen molar-refractivity contribution in [3.63, 3.8) is 0 Å². The summed E-state index contributed by atoms with van der Waals surface area (Å²) in [7, 11) is 0. The van der Waals surface area contributed by atoms with Crippen LogP contribution >= 0.6 is 11.3 Å². The Balaban J connectivity index is 0.954. The molecule has 1 aromatic carbocycles. The Kier molecular flexibility index (Phi) is 15.6. The Hall–Kier alpha value is -4.64. The molecule has 16 heteroatoms. The summed E-state index contributed by atoms with van der Waals surface area (Å²) in [5.41, 5.74) is 5.06. The Labute approximate surface area is 368 Å². The zero-order chi connectivity index (χ0) is 44.7. The molecule has 0 radical (unpaired) electrons. The van der Waals surface area contributed by atoms with Gasteiger partial charge in [-0.3, -0.25) is 19.2 Å².